The van der Waals surface area contributed by atoms with Crippen LogP contribution in [0.5, 0.6) is 0 Å². The number of nitrogens with two attached hydrogens (primary N) is 1. The smallest absolute Gasteiger partial charge is 0.224 e. The molecule has 2 rings (SSSR count). The molecule has 0 heterocycles. The van der Waals surface area contributed by atoms with E-state index in [1.54, 1.807) is 0 Å². The van der Waals surface area contributed by atoms with Crippen LogP contribution in [0.4, 0.5) is 5.69 Å². The number of amides is 1. The zero-order valence-electron chi connectivity index (χ0n) is 12.0. The van der Waals surface area contributed by atoms with Gasteiger partial charge in [0.25, 0.3) is 0 Å². The van der Waals surface area contributed by atoms with Gasteiger partial charge in [0.1, 0.15) is 0 Å². The van der Waals surface area contributed by atoms with Crippen LogP contribution in [-0.4, -0.2) is 12.5 Å². The van der Waals surface area contributed by atoms with Gasteiger partial charge in [0.15, 0.2) is 0 Å². The molecule has 110 valence electrons. The van der Waals surface area contributed by atoms with E-state index in [0.717, 1.165) is 28.6 Å². The summed E-state index contributed by atoms with van der Waals surface area (Å²) in [4.78, 5) is 12.3. The third kappa shape index (κ3) is 3.83. The minimum Gasteiger partial charge on any atom is -0.330 e. The lowest BCUT2D eigenvalue weighted by atomic mass is 9.71. The number of benzene rings is 1. The number of aryl methyl sites for hydroxylation is 1. The SMILES string of the molecule is Cc1ccc(Br)cc1NC(=O)CC1(CN)CCCCC1. The van der Waals surface area contributed by atoms with Gasteiger partial charge in [0, 0.05) is 16.6 Å². The quantitative estimate of drug-likeness (QED) is 0.871. The first-order valence-corrected chi connectivity index (χ1v) is 8.10. The molecule has 1 aromatic rings. The second-order valence-corrected chi connectivity index (χ2v) is 6.86. The van der Waals surface area contributed by atoms with Crippen molar-refractivity contribution in [1.82, 2.24) is 0 Å². The molecule has 1 saturated carbocycles. The fourth-order valence-electron chi connectivity index (χ4n) is 3.02. The lowest BCUT2D eigenvalue weighted by Crippen LogP contribution is -2.36. The van der Waals surface area contributed by atoms with Crippen molar-refractivity contribution >= 4 is 27.5 Å². The highest BCUT2D eigenvalue weighted by Crippen LogP contribution is 2.38. The van der Waals surface area contributed by atoms with E-state index < -0.39 is 0 Å². The summed E-state index contributed by atoms with van der Waals surface area (Å²) in [6.07, 6.45) is 6.35. The van der Waals surface area contributed by atoms with E-state index in [1.807, 2.05) is 25.1 Å². The third-order valence-corrected chi connectivity index (χ3v) is 4.85. The van der Waals surface area contributed by atoms with Crippen molar-refractivity contribution in [2.24, 2.45) is 11.1 Å². The predicted octanol–water partition coefficient (Wildman–Crippen LogP) is 4.00. The molecule has 3 nitrogen and oxygen atoms in total. The minimum absolute atomic E-state index is 0.0161. The van der Waals surface area contributed by atoms with Gasteiger partial charge in [-0.05, 0) is 49.4 Å². The Labute approximate surface area is 129 Å². The maximum Gasteiger partial charge on any atom is 0.224 e. The van der Waals surface area contributed by atoms with Crippen LogP contribution in [-0.2, 0) is 4.79 Å². The van der Waals surface area contributed by atoms with Crippen LogP contribution in [0.3, 0.4) is 0 Å². The van der Waals surface area contributed by atoms with E-state index in [4.69, 9.17) is 5.73 Å². The lowest BCUT2D eigenvalue weighted by Gasteiger charge is -2.35. The van der Waals surface area contributed by atoms with Gasteiger partial charge in [0.2, 0.25) is 5.91 Å². The molecule has 0 saturated heterocycles. The zero-order valence-corrected chi connectivity index (χ0v) is 13.6. The van der Waals surface area contributed by atoms with Crippen molar-refractivity contribution in [3.63, 3.8) is 0 Å². The van der Waals surface area contributed by atoms with Crippen molar-refractivity contribution in [2.75, 3.05) is 11.9 Å². The summed E-state index contributed by atoms with van der Waals surface area (Å²) in [5.41, 5.74) is 7.92. The van der Waals surface area contributed by atoms with Gasteiger partial charge < -0.3 is 11.1 Å². The summed E-state index contributed by atoms with van der Waals surface area (Å²) in [7, 11) is 0. The summed E-state index contributed by atoms with van der Waals surface area (Å²) in [6, 6.07) is 5.93. The van der Waals surface area contributed by atoms with Gasteiger partial charge >= 0.3 is 0 Å². The number of carbonyl (C=O) groups is 1. The number of hydrogen-bond donors (Lipinski definition) is 2. The Kier molecular flexibility index (Phi) is 5.22. The second kappa shape index (κ2) is 6.72. The van der Waals surface area contributed by atoms with Crippen molar-refractivity contribution in [3.8, 4) is 0 Å². The van der Waals surface area contributed by atoms with Crippen molar-refractivity contribution < 1.29 is 4.79 Å². The Bertz CT molecular complexity index is 481. The van der Waals surface area contributed by atoms with E-state index in [1.165, 1.54) is 19.3 Å². The third-order valence-electron chi connectivity index (χ3n) is 4.36. The Morgan fingerprint density at radius 1 is 1.35 bits per heavy atom. The average molecular weight is 339 g/mol. The molecular weight excluding hydrogens is 316 g/mol. The molecular formula is C16H23BrN2O. The molecule has 0 atom stereocenters. The Balaban J connectivity index is 2.02. The molecule has 1 aliphatic rings. The molecule has 1 aliphatic carbocycles. The highest BCUT2D eigenvalue weighted by atomic mass is 79.9. The topological polar surface area (TPSA) is 55.1 Å². The van der Waals surface area contributed by atoms with Crippen LogP contribution < -0.4 is 11.1 Å². The van der Waals surface area contributed by atoms with Gasteiger partial charge in [-0.2, -0.15) is 0 Å². The molecule has 0 spiro atoms. The number of rotatable bonds is 4. The van der Waals surface area contributed by atoms with Crippen molar-refractivity contribution in [2.45, 2.75) is 45.4 Å². The predicted molar refractivity (Wildman–Crippen MR) is 86.7 cm³/mol. The van der Waals surface area contributed by atoms with Crippen molar-refractivity contribution in [1.29, 1.82) is 0 Å². The van der Waals surface area contributed by atoms with E-state index in [9.17, 15) is 4.79 Å². The number of nitrogens with one attached hydrogen (secondary N) is 1. The van der Waals surface area contributed by atoms with Crippen LogP contribution >= 0.6 is 15.9 Å². The molecule has 0 aliphatic heterocycles. The van der Waals surface area contributed by atoms with Gasteiger partial charge in [-0.1, -0.05) is 41.3 Å². The number of halogens is 1. The second-order valence-electron chi connectivity index (χ2n) is 5.95. The fraction of sp³-hybridized carbons (Fsp3) is 0.562. The maximum atomic E-state index is 12.3. The van der Waals surface area contributed by atoms with Crippen LogP contribution in [0.25, 0.3) is 0 Å². The van der Waals surface area contributed by atoms with Crippen LogP contribution in [0.15, 0.2) is 22.7 Å². The highest BCUT2D eigenvalue weighted by molar-refractivity contribution is 9.10. The summed E-state index contributed by atoms with van der Waals surface area (Å²) in [6.45, 7) is 2.61. The van der Waals surface area contributed by atoms with Gasteiger partial charge in [0.05, 0.1) is 0 Å². The average Bonchev–Trinajstić information content (AvgIpc) is 2.44. The Hall–Kier alpha value is -0.870. The normalized spacial score (nSPS) is 17.8. The molecule has 4 heteroatoms. The van der Waals surface area contributed by atoms with Crippen molar-refractivity contribution in [3.05, 3.63) is 28.2 Å². The lowest BCUT2D eigenvalue weighted by molar-refractivity contribution is -0.118. The zero-order chi connectivity index (χ0) is 14.6. The minimum atomic E-state index is 0.0161. The molecule has 20 heavy (non-hydrogen) atoms. The Morgan fingerprint density at radius 2 is 2.05 bits per heavy atom. The molecule has 0 unspecified atom stereocenters. The summed E-state index contributed by atoms with van der Waals surface area (Å²) in [5, 5.41) is 3.03. The molecule has 0 bridgehead atoms. The summed E-state index contributed by atoms with van der Waals surface area (Å²) >= 11 is 3.44. The Morgan fingerprint density at radius 3 is 2.70 bits per heavy atom. The highest BCUT2D eigenvalue weighted by Gasteiger charge is 2.33. The summed E-state index contributed by atoms with van der Waals surface area (Å²) < 4.78 is 0.976. The maximum absolute atomic E-state index is 12.3. The summed E-state index contributed by atoms with van der Waals surface area (Å²) in [5.74, 6) is 0.0820. The van der Waals surface area contributed by atoms with Crippen LogP contribution in [0.2, 0.25) is 0 Å². The first-order chi connectivity index (χ1) is 9.54. The van der Waals surface area contributed by atoms with Gasteiger partial charge in [-0.3, -0.25) is 4.79 Å². The number of carbonyl (C=O) groups excluding carboxylic acids is 1. The first kappa shape index (κ1) is 15.5. The van der Waals surface area contributed by atoms with E-state index in [0.29, 0.717) is 13.0 Å². The molecule has 1 amide bonds. The van der Waals surface area contributed by atoms with E-state index in [-0.39, 0.29) is 11.3 Å². The molecule has 0 radical (unpaired) electrons. The monoisotopic (exact) mass is 338 g/mol. The van der Waals surface area contributed by atoms with Gasteiger partial charge in [-0.15, -0.1) is 0 Å². The van der Waals surface area contributed by atoms with Crippen LogP contribution in [0.1, 0.15) is 44.1 Å². The molecule has 1 fully saturated rings. The number of anilines is 1. The van der Waals surface area contributed by atoms with E-state index in [2.05, 4.69) is 21.2 Å². The number of hydrogen-bond acceptors (Lipinski definition) is 2. The standard InChI is InChI=1S/C16H23BrN2O/c1-12-5-6-13(17)9-14(12)19-15(20)10-16(11-18)7-3-2-4-8-16/h5-6,9H,2-4,7-8,10-11,18H2,1H3,(H,19,20). The van der Waals surface area contributed by atoms with Crippen LogP contribution in [0, 0.1) is 12.3 Å². The molecule has 1 aromatic carbocycles. The fourth-order valence-corrected chi connectivity index (χ4v) is 3.38. The van der Waals surface area contributed by atoms with Gasteiger partial charge in [-0.25, -0.2) is 0 Å². The molecule has 3 N–H and O–H groups in total. The first-order valence-electron chi connectivity index (χ1n) is 7.31. The molecule has 0 aromatic heterocycles. The van der Waals surface area contributed by atoms with E-state index >= 15 is 0 Å². The largest absolute Gasteiger partial charge is 0.330 e.